The van der Waals surface area contributed by atoms with E-state index in [0.29, 0.717) is 37.0 Å². The van der Waals surface area contributed by atoms with Crippen LogP contribution < -0.4 is 14.2 Å². The van der Waals surface area contributed by atoms with Gasteiger partial charge in [0.2, 0.25) is 12.0 Å². The first-order chi connectivity index (χ1) is 15.7. The van der Waals surface area contributed by atoms with Crippen molar-refractivity contribution in [1.82, 2.24) is 14.8 Å². The Labute approximate surface area is 186 Å². The SMILES string of the molecule is COc1ccc(-c2nc(CN3CCN(C(=O)C4COc5ccccc5O4)CC3)co2)cc1. The van der Waals surface area contributed by atoms with Crippen LogP contribution in [0, 0.1) is 0 Å². The van der Waals surface area contributed by atoms with Crippen molar-refractivity contribution in [2.75, 3.05) is 39.9 Å². The molecule has 0 N–H and O–H groups in total. The number of hydrogen-bond acceptors (Lipinski definition) is 7. The summed E-state index contributed by atoms with van der Waals surface area (Å²) in [6.45, 7) is 3.73. The van der Waals surface area contributed by atoms with E-state index in [-0.39, 0.29) is 12.5 Å². The third-order valence-corrected chi connectivity index (χ3v) is 5.74. The van der Waals surface area contributed by atoms with E-state index in [9.17, 15) is 4.79 Å². The highest BCUT2D eigenvalue weighted by Crippen LogP contribution is 2.31. The first-order valence-electron chi connectivity index (χ1n) is 10.7. The minimum atomic E-state index is -0.598. The highest BCUT2D eigenvalue weighted by Gasteiger charge is 2.32. The second-order valence-corrected chi connectivity index (χ2v) is 7.84. The van der Waals surface area contributed by atoms with Gasteiger partial charge in [-0.15, -0.1) is 0 Å². The number of piperazine rings is 1. The molecule has 5 rings (SSSR count). The van der Waals surface area contributed by atoms with Crippen molar-refractivity contribution in [2.24, 2.45) is 0 Å². The number of hydrogen-bond donors (Lipinski definition) is 0. The fourth-order valence-corrected chi connectivity index (χ4v) is 3.95. The predicted octanol–water partition coefficient (Wildman–Crippen LogP) is 2.83. The molecule has 0 saturated carbocycles. The summed E-state index contributed by atoms with van der Waals surface area (Å²) in [5.74, 6) is 2.66. The van der Waals surface area contributed by atoms with E-state index >= 15 is 0 Å². The van der Waals surface area contributed by atoms with Gasteiger partial charge in [0.05, 0.1) is 12.8 Å². The molecule has 1 unspecified atom stereocenters. The average Bonchev–Trinajstić information content (AvgIpc) is 3.32. The Balaban J connectivity index is 1.14. The van der Waals surface area contributed by atoms with Crippen LogP contribution in [-0.4, -0.2) is 66.7 Å². The number of benzene rings is 2. The zero-order chi connectivity index (χ0) is 21.9. The summed E-state index contributed by atoms with van der Waals surface area (Å²) in [4.78, 5) is 21.6. The van der Waals surface area contributed by atoms with Gasteiger partial charge < -0.3 is 23.5 Å². The molecule has 0 bridgehead atoms. The first-order valence-corrected chi connectivity index (χ1v) is 10.7. The lowest BCUT2D eigenvalue weighted by Gasteiger charge is -2.36. The normalized spacial score (nSPS) is 18.4. The number of nitrogens with zero attached hydrogens (tertiary/aromatic N) is 3. The van der Waals surface area contributed by atoms with Gasteiger partial charge >= 0.3 is 0 Å². The van der Waals surface area contributed by atoms with Crippen molar-refractivity contribution in [2.45, 2.75) is 12.6 Å². The summed E-state index contributed by atoms with van der Waals surface area (Å²) in [6.07, 6.45) is 1.10. The van der Waals surface area contributed by atoms with Crippen molar-refractivity contribution in [3.8, 4) is 28.7 Å². The number of aromatic nitrogens is 1. The molecule has 1 atom stereocenters. The van der Waals surface area contributed by atoms with Gasteiger partial charge in [0.1, 0.15) is 18.6 Å². The Hall–Kier alpha value is -3.52. The number of carbonyl (C=O) groups is 1. The van der Waals surface area contributed by atoms with Crippen LogP contribution in [0.1, 0.15) is 5.69 Å². The van der Waals surface area contributed by atoms with Gasteiger partial charge in [0.25, 0.3) is 5.91 Å². The molecule has 0 spiro atoms. The molecular weight excluding hydrogens is 410 g/mol. The third kappa shape index (κ3) is 4.27. The molecule has 32 heavy (non-hydrogen) atoms. The Morgan fingerprint density at radius 2 is 1.81 bits per heavy atom. The fraction of sp³-hybridized carbons (Fsp3) is 0.333. The summed E-state index contributed by atoms with van der Waals surface area (Å²) >= 11 is 0. The first kappa shape index (κ1) is 20.4. The highest BCUT2D eigenvalue weighted by atomic mass is 16.6. The number of fused-ring (bicyclic) bond motifs is 1. The Morgan fingerprint density at radius 3 is 2.56 bits per heavy atom. The van der Waals surface area contributed by atoms with Gasteiger partial charge in [-0.1, -0.05) is 12.1 Å². The van der Waals surface area contributed by atoms with Crippen LogP contribution >= 0.6 is 0 Å². The van der Waals surface area contributed by atoms with Crippen molar-refractivity contribution in [3.63, 3.8) is 0 Å². The van der Waals surface area contributed by atoms with Gasteiger partial charge in [0, 0.05) is 38.3 Å². The second-order valence-electron chi connectivity index (χ2n) is 7.84. The molecule has 0 radical (unpaired) electrons. The Morgan fingerprint density at radius 1 is 1.06 bits per heavy atom. The highest BCUT2D eigenvalue weighted by molar-refractivity contribution is 5.82. The van der Waals surface area contributed by atoms with Crippen molar-refractivity contribution >= 4 is 5.91 Å². The monoisotopic (exact) mass is 435 g/mol. The fourth-order valence-electron chi connectivity index (χ4n) is 3.95. The van der Waals surface area contributed by atoms with Crippen LogP contribution in [0.15, 0.2) is 59.2 Å². The number of amides is 1. The smallest absolute Gasteiger partial charge is 0.267 e. The van der Waals surface area contributed by atoms with Gasteiger partial charge in [-0.3, -0.25) is 9.69 Å². The van der Waals surface area contributed by atoms with Gasteiger partial charge in [0.15, 0.2) is 11.5 Å². The maximum atomic E-state index is 12.9. The molecule has 8 nitrogen and oxygen atoms in total. The van der Waals surface area contributed by atoms with Crippen molar-refractivity contribution in [1.29, 1.82) is 0 Å². The maximum Gasteiger partial charge on any atom is 0.267 e. The van der Waals surface area contributed by atoms with Crippen molar-refractivity contribution < 1.29 is 23.4 Å². The lowest BCUT2D eigenvalue weighted by molar-refractivity contribution is -0.143. The molecule has 0 aliphatic carbocycles. The molecule has 3 heterocycles. The molecule has 2 aliphatic rings. The van der Waals surface area contributed by atoms with E-state index in [2.05, 4.69) is 9.88 Å². The molecule has 1 fully saturated rings. The summed E-state index contributed by atoms with van der Waals surface area (Å²) in [5.41, 5.74) is 1.78. The van der Waals surface area contributed by atoms with E-state index < -0.39 is 6.10 Å². The van der Waals surface area contributed by atoms with Crippen LogP contribution in [0.5, 0.6) is 17.2 Å². The minimum absolute atomic E-state index is 0.0256. The van der Waals surface area contributed by atoms with Gasteiger partial charge in [-0.25, -0.2) is 4.98 Å². The van der Waals surface area contributed by atoms with E-state index in [0.717, 1.165) is 30.1 Å². The van der Waals surface area contributed by atoms with Crippen LogP contribution in [0.3, 0.4) is 0 Å². The minimum Gasteiger partial charge on any atom is -0.497 e. The predicted molar refractivity (Wildman–Crippen MR) is 117 cm³/mol. The Kier molecular flexibility index (Phi) is 5.68. The largest absolute Gasteiger partial charge is 0.497 e. The molecule has 2 aromatic carbocycles. The molecule has 8 heteroatoms. The summed E-state index contributed by atoms with van der Waals surface area (Å²) in [6, 6.07) is 15.0. The van der Waals surface area contributed by atoms with Crippen molar-refractivity contribution in [3.05, 3.63) is 60.5 Å². The Bertz CT molecular complexity index is 1070. The third-order valence-electron chi connectivity index (χ3n) is 5.74. The lowest BCUT2D eigenvalue weighted by atomic mass is 10.2. The summed E-state index contributed by atoms with van der Waals surface area (Å²) in [7, 11) is 1.64. The number of oxazole rings is 1. The zero-order valence-corrected chi connectivity index (χ0v) is 17.9. The van der Waals surface area contributed by atoms with Gasteiger partial charge in [-0.05, 0) is 36.4 Å². The van der Waals surface area contributed by atoms with E-state index in [1.165, 1.54) is 0 Å². The van der Waals surface area contributed by atoms with Crippen LogP contribution in [0.2, 0.25) is 0 Å². The number of rotatable bonds is 5. The molecule has 1 amide bonds. The van der Waals surface area contributed by atoms with E-state index in [1.807, 2.05) is 53.4 Å². The molecule has 1 saturated heterocycles. The molecule has 3 aromatic rings. The molecule has 166 valence electrons. The standard InChI is InChI=1S/C24H25N3O5/c1-29-19-8-6-17(7-9-19)23-25-18(15-31-23)14-26-10-12-27(13-11-26)24(28)22-16-30-20-4-2-3-5-21(20)32-22/h2-9,15,22H,10-14,16H2,1H3. The topological polar surface area (TPSA) is 77.3 Å². The zero-order valence-electron chi connectivity index (χ0n) is 17.9. The quantitative estimate of drug-likeness (QED) is 0.610. The maximum absolute atomic E-state index is 12.9. The van der Waals surface area contributed by atoms with E-state index in [4.69, 9.17) is 18.6 Å². The average molecular weight is 435 g/mol. The second kappa shape index (κ2) is 8.92. The molecular formula is C24H25N3O5. The van der Waals surface area contributed by atoms with E-state index in [1.54, 1.807) is 13.4 Å². The number of para-hydroxylation sites is 2. The number of methoxy groups -OCH3 is 1. The summed E-state index contributed by atoms with van der Waals surface area (Å²) < 4.78 is 22.4. The summed E-state index contributed by atoms with van der Waals surface area (Å²) in [5, 5.41) is 0. The van der Waals surface area contributed by atoms with Crippen LogP contribution in [0.25, 0.3) is 11.5 Å². The molecule has 2 aliphatic heterocycles. The molecule has 1 aromatic heterocycles. The number of carbonyl (C=O) groups excluding carboxylic acids is 1. The van der Waals surface area contributed by atoms with Crippen LogP contribution in [-0.2, 0) is 11.3 Å². The van der Waals surface area contributed by atoms with Crippen LogP contribution in [0.4, 0.5) is 0 Å². The lowest BCUT2D eigenvalue weighted by Crippen LogP contribution is -2.53. The number of ether oxygens (including phenoxy) is 3. The van der Waals surface area contributed by atoms with Gasteiger partial charge in [-0.2, -0.15) is 0 Å².